The van der Waals surface area contributed by atoms with Crippen molar-refractivity contribution in [2.75, 3.05) is 32.8 Å². The van der Waals surface area contributed by atoms with Crippen molar-refractivity contribution >= 4 is 29.5 Å². The number of hydrogen-bond acceptors (Lipinski definition) is 5. The molecule has 1 saturated carbocycles. The quantitative estimate of drug-likeness (QED) is 0.345. The molecule has 2 aromatic carbocycles. The SMILES string of the molecule is CC1(C)COC(=O)N1CC1(C2CCCCC2)CCN(C(=O)[C@@H](Cc2ccc(Cl)cc2)NC(=O)CC2NCCc3ccccc32)CC1. The van der Waals surface area contributed by atoms with E-state index in [2.05, 4.69) is 36.6 Å². The van der Waals surface area contributed by atoms with E-state index in [4.69, 9.17) is 16.3 Å². The Bertz CT molecular complexity index is 1400. The predicted octanol–water partition coefficient (Wildman–Crippen LogP) is 6.06. The lowest BCUT2D eigenvalue weighted by Crippen LogP contribution is -2.57. The minimum absolute atomic E-state index is 0.0431. The van der Waals surface area contributed by atoms with Crippen molar-refractivity contribution in [3.8, 4) is 0 Å². The van der Waals surface area contributed by atoms with Gasteiger partial charge in [0.2, 0.25) is 11.8 Å². The lowest BCUT2D eigenvalue weighted by atomic mass is 9.63. The molecule has 1 aliphatic carbocycles. The van der Waals surface area contributed by atoms with Crippen LogP contribution in [0.3, 0.4) is 0 Å². The number of nitrogens with one attached hydrogen (secondary N) is 2. The Balaban J connectivity index is 1.17. The molecule has 2 saturated heterocycles. The highest BCUT2D eigenvalue weighted by atomic mass is 35.5. The highest BCUT2D eigenvalue weighted by molar-refractivity contribution is 6.30. The third-order valence-corrected chi connectivity index (χ3v) is 11.4. The molecule has 4 aliphatic rings. The summed E-state index contributed by atoms with van der Waals surface area (Å²) in [7, 11) is 0. The molecular formula is C37H49ClN4O4. The number of carbonyl (C=O) groups is 3. The number of fused-ring (bicyclic) bond motifs is 1. The first-order valence-corrected chi connectivity index (χ1v) is 17.6. The molecule has 2 aromatic rings. The Morgan fingerprint density at radius 2 is 1.76 bits per heavy atom. The lowest BCUT2D eigenvalue weighted by molar-refractivity contribution is -0.139. The highest BCUT2D eigenvalue weighted by Gasteiger charge is 2.49. The number of likely N-dealkylation sites (tertiary alicyclic amines) is 1. The van der Waals surface area contributed by atoms with E-state index in [0.29, 0.717) is 43.6 Å². The highest BCUT2D eigenvalue weighted by Crippen LogP contribution is 2.48. The number of carbonyl (C=O) groups excluding carboxylic acids is 3. The summed E-state index contributed by atoms with van der Waals surface area (Å²) < 4.78 is 5.49. The van der Waals surface area contributed by atoms with Crippen LogP contribution in [-0.2, 0) is 27.2 Å². The van der Waals surface area contributed by atoms with Crippen molar-refractivity contribution in [1.29, 1.82) is 0 Å². The Morgan fingerprint density at radius 1 is 1.04 bits per heavy atom. The van der Waals surface area contributed by atoms with Crippen molar-refractivity contribution in [1.82, 2.24) is 20.4 Å². The second-order valence-corrected chi connectivity index (χ2v) is 15.0. The average Bonchev–Trinajstić information content (AvgIpc) is 3.32. The number of cyclic esters (lactones) is 1. The molecule has 46 heavy (non-hydrogen) atoms. The topological polar surface area (TPSA) is 91.0 Å². The van der Waals surface area contributed by atoms with Gasteiger partial charge >= 0.3 is 6.09 Å². The van der Waals surface area contributed by atoms with Crippen LogP contribution in [0.15, 0.2) is 48.5 Å². The van der Waals surface area contributed by atoms with Crippen molar-refractivity contribution in [3.05, 3.63) is 70.2 Å². The zero-order chi connectivity index (χ0) is 32.3. The van der Waals surface area contributed by atoms with E-state index < -0.39 is 6.04 Å². The maximum absolute atomic E-state index is 14.3. The molecule has 8 nitrogen and oxygen atoms in total. The molecule has 0 radical (unpaired) electrons. The fourth-order valence-corrected chi connectivity index (χ4v) is 8.43. The summed E-state index contributed by atoms with van der Waals surface area (Å²) in [6.07, 6.45) is 9.12. The average molecular weight is 649 g/mol. The Hall–Kier alpha value is -3.10. The maximum atomic E-state index is 14.3. The monoisotopic (exact) mass is 648 g/mol. The molecular weight excluding hydrogens is 600 g/mol. The fraction of sp³-hybridized carbons (Fsp3) is 0.595. The van der Waals surface area contributed by atoms with Crippen LogP contribution in [0.5, 0.6) is 0 Å². The van der Waals surface area contributed by atoms with E-state index in [1.165, 1.54) is 37.7 Å². The van der Waals surface area contributed by atoms with Gasteiger partial charge in [-0.3, -0.25) is 14.5 Å². The summed E-state index contributed by atoms with van der Waals surface area (Å²) in [5, 5.41) is 7.28. The van der Waals surface area contributed by atoms with Crippen LogP contribution < -0.4 is 10.6 Å². The van der Waals surface area contributed by atoms with Gasteiger partial charge in [-0.05, 0) is 92.7 Å². The van der Waals surface area contributed by atoms with Gasteiger partial charge in [0.15, 0.2) is 0 Å². The molecule has 2 atom stereocenters. The van der Waals surface area contributed by atoms with E-state index in [1.807, 2.05) is 46.2 Å². The van der Waals surface area contributed by atoms with Gasteiger partial charge in [0.25, 0.3) is 0 Å². The molecule has 2 N–H and O–H groups in total. The van der Waals surface area contributed by atoms with Crippen LogP contribution in [0.2, 0.25) is 5.02 Å². The van der Waals surface area contributed by atoms with Crippen LogP contribution in [0, 0.1) is 11.3 Å². The van der Waals surface area contributed by atoms with Gasteiger partial charge in [0, 0.05) is 43.5 Å². The predicted molar refractivity (Wildman–Crippen MR) is 180 cm³/mol. The van der Waals surface area contributed by atoms with Gasteiger partial charge in [0.1, 0.15) is 12.6 Å². The first kappa shape index (κ1) is 32.8. The molecule has 9 heteroatoms. The first-order valence-electron chi connectivity index (χ1n) is 17.2. The first-order chi connectivity index (χ1) is 22.1. The molecule has 0 aromatic heterocycles. The van der Waals surface area contributed by atoms with Crippen molar-refractivity contribution in [2.45, 2.75) is 95.7 Å². The number of amides is 3. The van der Waals surface area contributed by atoms with Crippen LogP contribution in [-0.4, -0.2) is 72.1 Å². The molecule has 3 aliphatic heterocycles. The molecule has 3 amide bonds. The largest absolute Gasteiger partial charge is 0.447 e. The summed E-state index contributed by atoms with van der Waals surface area (Å²) >= 11 is 6.16. The summed E-state index contributed by atoms with van der Waals surface area (Å²) in [5.41, 5.74) is 2.99. The molecule has 1 unspecified atom stereocenters. The molecule has 6 rings (SSSR count). The van der Waals surface area contributed by atoms with Crippen LogP contribution >= 0.6 is 11.6 Å². The second-order valence-electron chi connectivity index (χ2n) is 14.6. The number of benzene rings is 2. The van der Waals surface area contributed by atoms with Crippen LogP contribution in [0.1, 0.15) is 87.9 Å². The summed E-state index contributed by atoms with van der Waals surface area (Å²) in [5.74, 6) is 0.349. The Kier molecular flexibility index (Phi) is 9.95. The molecule has 3 fully saturated rings. The zero-order valence-electron chi connectivity index (χ0n) is 27.4. The van der Waals surface area contributed by atoms with Crippen LogP contribution in [0.4, 0.5) is 4.79 Å². The number of halogens is 1. The van der Waals surface area contributed by atoms with E-state index in [0.717, 1.165) is 36.9 Å². The smallest absolute Gasteiger partial charge is 0.410 e. The molecule has 0 spiro atoms. The normalized spacial score (nSPS) is 23.4. The summed E-state index contributed by atoms with van der Waals surface area (Å²) in [4.78, 5) is 44.6. The summed E-state index contributed by atoms with van der Waals surface area (Å²) in [6, 6.07) is 15.0. The molecule has 3 heterocycles. The molecule has 0 bridgehead atoms. The zero-order valence-corrected chi connectivity index (χ0v) is 28.1. The standard InChI is InChI=1S/C37H49ClN4O4/c1-36(2)25-46-35(45)42(36)24-37(28-9-4-3-5-10-28)17-20-41(21-18-37)34(44)32(22-26-12-14-29(38)15-13-26)40-33(43)23-31-30-11-7-6-8-27(30)16-19-39-31/h6-8,11-15,28,31-32,39H,3-5,9-10,16-25H2,1-2H3,(H,40,43)/t31?,32-/m1/s1. The Morgan fingerprint density at radius 3 is 2.46 bits per heavy atom. The van der Waals surface area contributed by atoms with Crippen LogP contribution in [0.25, 0.3) is 0 Å². The van der Waals surface area contributed by atoms with Crippen molar-refractivity contribution in [3.63, 3.8) is 0 Å². The van der Waals surface area contributed by atoms with Gasteiger partial charge in [0.05, 0.1) is 5.54 Å². The summed E-state index contributed by atoms with van der Waals surface area (Å²) in [6.45, 7) is 7.29. The van der Waals surface area contributed by atoms with Gasteiger partial charge in [-0.1, -0.05) is 67.3 Å². The number of nitrogens with zero attached hydrogens (tertiary/aromatic N) is 2. The van der Waals surface area contributed by atoms with E-state index >= 15 is 0 Å². The van der Waals surface area contributed by atoms with Crippen molar-refractivity contribution < 1.29 is 19.1 Å². The second kappa shape index (κ2) is 13.9. The van der Waals surface area contributed by atoms with E-state index in [-0.39, 0.29) is 41.3 Å². The van der Waals surface area contributed by atoms with E-state index in [1.54, 1.807) is 0 Å². The Labute approximate surface area is 278 Å². The lowest BCUT2D eigenvalue weighted by Gasteiger charge is -2.51. The number of rotatable bonds is 9. The van der Waals surface area contributed by atoms with Crippen molar-refractivity contribution in [2.24, 2.45) is 11.3 Å². The maximum Gasteiger partial charge on any atom is 0.410 e. The van der Waals surface area contributed by atoms with Gasteiger partial charge in [-0.25, -0.2) is 4.79 Å². The minimum Gasteiger partial charge on any atom is -0.447 e. The number of ether oxygens (including phenoxy) is 1. The third-order valence-electron chi connectivity index (χ3n) is 11.1. The fourth-order valence-electron chi connectivity index (χ4n) is 8.31. The molecule has 248 valence electrons. The minimum atomic E-state index is -0.679. The van der Waals surface area contributed by atoms with Gasteiger partial charge in [-0.15, -0.1) is 0 Å². The number of hydrogen-bond donors (Lipinski definition) is 2. The van der Waals surface area contributed by atoms with Gasteiger partial charge in [-0.2, -0.15) is 0 Å². The number of piperidine rings is 1. The van der Waals surface area contributed by atoms with E-state index in [9.17, 15) is 14.4 Å². The third kappa shape index (κ3) is 7.23. The van der Waals surface area contributed by atoms with Gasteiger partial charge < -0.3 is 20.3 Å².